The van der Waals surface area contributed by atoms with E-state index in [9.17, 15) is 18.1 Å². The Balaban J connectivity index is 3.54. The number of benzene rings is 1. The van der Waals surface area contributed by atoms with Crippen LogP contribution in [-0.4, -0.2) is 18.1 Å². The summed E-state index contributed by atoms with van der Waals surface area (Å²) in [7, 11) is -4.30. The van der Waals surface area contributed by atoms with Gasteiger partial charge in [-0.3, -0.25) is 4.55 Å². The summed E-state index contributed by atoms with van der Waals surface area (Å²) in [5.41, 5.74) is 0.206. The van der Waals surface area contributed by atoms with Gasteiger partial charge in [0.25, 0.3) is 10.1 Å². The first-order valence-electron chi connectivity index (χ1n) is 6.24. The van der Waals surface area contributed by atoms with Gasteiger partial charge >= 0.3 is 0 Å². The second-order valence-electron chi connectivity index (χ2n) is 6.20. The molecular weight excluding hydrogens is 264 g/mol. The van der Waals surface area contributed by atoms with Crippen LogP contribution in [0.15, 0.2) is 18.2 Å². The third-order valence-corrected chi connectivity index (χ3v) is 4.64. The highest BCUT2D eigenvalue weighted by molar-refractivity contribution is 7.86. The normalized spacial score (nSPS) is 14.7. The lowest BCUT2D eigenvalue weighted by molar-refractivity contribution is 0.345. The van der Waals surface area contributed by atoms with Crippen LogP contribution in [0.1, 0.15) is 56.9 Å². The van der Waals surface area contributed by atoms with Gasteiger partial charge in [-0.05, 0) is 16.9 Å². The van der Waals surface area contributed by atoms with Gasteiger partial charge in [0.2, 0.25) is 0 Å². The predicted octanol–water partition coefficient (Wildman–Crippen LogP) is 3.49. The molecule has 1 unspecified atom stereocenters. The van der Waals surface area contributed by atoms with Crippen LogP contribution in [0.25, 0.3) is 0 Å². The van der Waals surface area contributed by atoms with Crippen molar-refractivity contribution in [2.45, 2.75) is 45.8 Å². The molecule has 1 rings (SSSR count). The summed E-state index contributed by atoms with van der Waals surface area (Å²) in [4.78, 5) is 0. The molecule has 0 radical (unpaired) electrons. The fourth-order valence-electron chi connectivity index (χ4n) is 2.33. The van der Waals surface area contributed by atoms with Gasteiger partial charge in [-0.15, -0.1) is 0 Å². The van der Waals surface area contributed by atoms with Gasteiger partial charge in [0, 0.05) is 5.56 Å². The zero-order valence-electron chi connectivity index (χ0n) is 12.0. The first kappa shape index (κ1) is 16.0. The SMILES string of the molecule is CC(C)c1cccc(C(C(C)(C)C)S(=O)(=O)O)c1O. The molecule has 0 spiro atoms. The minimum Gasteiger partial charge on any atom is -0.507 e. The van der Waals surface area contributed by atoms with E-state index < -0.39 is 20.8 Å². The molecule has 0 heterocycles. The highest BCUT2D eigenvalue weighted by atomic mass is 32.2. The van der Waals surface area contributed by atoms with Crippen LogP contribution in [0, 0.1) is 5.41 Å². The zero-order chi connectivity index (χ0) is 15.0. The van der Waals surface area contributed by atoms with E-state index in [2.05, 4.69) is 0 Å². The lowest BCUT2D eigenvalue weighted by atomic mass is 9.85. The molecule has 0 bridgehead atoms. The Morgan fingerprint density at radius 3 is 1.95 bits per heavy atom. The summed E-state index contributed by atoms with van der Waals surface area (Å²) >= 11 is 0. The second-order valence-corrected chi connectivity index (χ2v) is 7.70. The smallest absolute Gasteiger partial charge is 0.272 e. The van der Waals surface area contributed by atoms with E-state index in [0.29, 0.717) is 5.56 Å². The summed E-state index contributed by atoms with van der Waals surface area (Å²) in [6.45, 7) is 8.98. The molecule has 0 saturated carbocycles. The van der Waals surface area contributed by atoms with Gasteiger partial charge in [-0.2, -0.15) is 8.42 Å². The summed E-state index contributed by atoms with van der Waals surface area (Å²) < 4.78 is 32.8. The summed E-state index contributed by atoms with van der Waals surface area (Å²) in [6.07, 6.45) is 0. The lowest BCUT2D eigenvalue weighted by Crippen LogP contribution is -2.26. The van der Waals surface area contributed by atoms with Crippen LogP contribution in [0.5, 0.6) is 5.75 Å². The monoisotopic (exact) mass is 286 g/mol. The van der Waals surface area contributed by atoms with Crippen molar-refractivity contribution in [2.24, 2.45) is 5.41 Å². The van der Waals surface area contributed by atoms with Crippen LogP contribution in [0.2, 0.25) is 0 Å². The molecule has 2 N–H and O–H groups in total. The average molecular weight is 286 g/mol. The molecule has 5 heteroatoms. The number of rotatable bonds is 3. The standard InChI is InChI=1S/C14H22O4S/c1-9(2)10-7-6-8-11(12(10)15)13(14(3,4)5)19(16,17)18/h6-9,13,15H,1-5H3,(H,16,17,18). The van der Waals surface area contributed by atoms with E-state index in [1.165, 1.54) is 0 Å². The van der Waals surface area contributed by atoms with Crippen LogP contribution < -0.4 is 0 Å². The molecule has 0 aliphatic heterocycles. The van der Waals surface area contributed by atoms with E-state index in [1.54, 1.807) is 39.0 Å². The zero-order valence-corrected chi connectivity index (χ0v) is 12.8. The van der Waals surface area contributed by atoms with E-state index >= 15 is 0 Å². The third-order valence-electron chi connectivity index (χ3n) is 3.09. The minimum atomic E-state index is -4.30. The van der Waals surface area contributed by atoms with Crippen LogP contribution in [-0.2, 0) is 10.1 Å². The van der Waals surface area contributed by atoms with Crippen molar-refractivity contribution in [3.63, 3.8) is 0 Å². The number of phenolic OH excluding ortho intramolecular Hbond substituents is 1. The second kappa shape index (κ2) is 5.13. The van der Waals surface area contributed by atoms with Crippen LogP contribution in [0.3, 0.4) is 0 Å². The van der Waals surface area contributed by atoms with Gasteiger partial charge in [-0.1, -0.05) is 52.8 Å². The number of hydrogen-bond donors (Lipinski definition) is 2. The Morgan fingerprint density at radius 2 is 1.58 bits per heavy atom. The Morgan fingerprint density at radius 1 is 1.11 bits per heavy atom. The van der Waals surface area contributed by atoms with Gasteiger partial charge < -0.3 is 5.11 Å². The van der Waals surface area contributed by atoms with E-state index in [1.807, 2.05) is 13.8 Å². The summed E-state index contributed by atoms with van der Waals surface area (Å²) in [5, 5.41) is 9.13. The molecular formula is C14H22O4S. The Hall–Kier alpha value is -1.07. The van der Waals surface area contributed by atoms with Crippen LogP contribution in [0.4, 0.5) is 0 Å². The van der Waals surface area contributed by atoms with Gasteiger partial charge in [0.05, 0.1) is 0 Å². The Kier molecular flexibility index (Phi) is 4.32. The molecule has 4 nitrogen and oxygen atoms in total. The molecule has 1 aromatic rings. The van der Waals surface area contributed by atoms with E-state index in [-0.39, 0.29) is 17.2 Å². The van der Waals surface area contributed by atoms with Crippen LogP contribution >= 0.6 is 0 Å². The molecule has 19 heavy (non-hydrogen) atoms. The van der Waals surface area contributed by atoms with Gasteiger partial charge in [-0.25, -0.2) is 0 Å². The predicted molar refractivity (Wildman–Crippen MR) is 75.9 cm³/mol. The fraction of sp³-hybridized carbons (Fsp3) is 0.571. The summed E-state index contributed by atoms with van der Waals surface area (Å²) in [6, 6.07) is 5.01. The molecule has 0 saturated heterocycles. The highest BCUT2D eigenvalue weighted by Gasteiger charge is 2.38. The first-order valence-corrected chi connectivity index (χ1v) is 7.74. The van der Waals surface area contributed by atoms with E-state index in [4.69, 9.17) is 0 Å². The van der Waals surface area contributed by atoms with Gasteiger partial charge in [0.15, 0.2) is 0 Å². The molecule has 0 aromatic heterocycles. The largest absolute Gasteiger partial charge is 0.507 e. The van der Waals surface area contributed by atoms with Crippen molar-refractivity contribution in [2.75, 3.05) is 0 Å². The van der Waals surface area contributed by atoms with Crippen molar-refractivity contribution in [1.29, 1.82) is 0 Å². The molecule has 1 aromatic carbocycles. The number of para-hydroxylation sites is 1. The Labute approximate surface area is 115 Å². The number of aromatic hydroxyl groups is 1. The maximum absolute atomic E-state index is 11.7. The maximum atomic E-state index is 11.7. The molecule has 0 amide bonds. The quantitative estimate of drug-likeness (QED) is 0.834. The maximum Gasteiger partial charge on any atom is 0.272 e. The van der Waals surface area contributed by atoms with E-state index in [0.717, 1.165) is 0 Å². The van der Waals surface area contributed by atoms with Crippen molar-refractivity contribution >= 4 is 10.1 Å². The topological polar surface area (TPSA) is 74.6 Å². The number of phenols is 1. The minimum absolute atomic E-state index is 0.0462. The van der Waals surface area contributed by atoms with Crippen molar-refractivity contribution in [3.05, 3.63) is 29.3 Å². The van der Waals surface area contributed by atoms with Crippen molar-refractivity contribution in [1.82, 2.24) is 0 Å². The molecule has 108 valence electrons. The van der Waals surface area contributed by atoms with Crippen molar-refractivity contribution in [3.8, 4) is 5.75 Å². The fourth-order valence-corrected chi connectivity index (χ4v) is 3.74. The average Bonchev–Trinajstić information content (AvgIpc) is 2.16. The number of hydrogen-bond acceptors (Lipinski definition) is 3. The molecule has 0 aliphatic carbocycles. The molecule has 1 atom stereocenters. The molecule has 0 aliphatic rings. The van der Waals surface area contributed by atoms with Crippen molar-refractivity contribution < 1.29 is 18.1 Å². The first-order chi connectivity index (χ1) is 8.46. The lowest BCUT2D eigenvalue weighted by Gasteiger charge is -2.29. The van der Waals surface area contributed by atoms with Gasteiger partial charge in [0.1, 0.15) is 11.0 Å². The molecule has 0 fully saturated rings. The Bertz CT molecular complexity index is 553. The highest BCUT2D eigenvalue weighted by Crippen LogP contribution is 2.44. The third kappa shape index (κ3) is 3.48. The summed E-state index contributed by atoms with van der Waals surface area (Å²) in [5.74, 6) is 0.0250.